The van der Waals surface area contributed by atoms with E-state index in [0.717, 1.165) is 12.0 Å². The van der Waals surface area contributed by atoms with Crippen LogP contribution in [0.2, 0.25) is 0 Å². The summed E-state index contributed by atoms with van der Waals surface area (Å²) in [5, 5.41) is 0. The molecule has 0 amide bonds. The van der Waals surface area contributed by atoms with Gasteiger partial charge in [-0.05, 0) is 31.0 Å². The minimum absolute atomic E-state index is 0.211. The van der Waals surface area contributed by atoms with Crippen LogP contribution in [0.1, 0.15) is 12.5 Å². The summed E-state index contributed by atoms with van der Waals surface area (Å²) in [5.74, 6) is -0.211. The zero-order valence-electron chi connectivity index (χ0n) is 7.66. The molecule has 0 fully saturated rings. The first-order valence-corrected chi connectivity index (χ1v) is 4.30. The summed E-state index contributed by atoms with van der Waals surface area (Å²) in [6.07, 6.45) is 0.530. The third-order valence-electron chi connectivity index (χ3n) is 1.68. The smallest absolute Gasteiger partial charge is 0.123 e. The molecule has 0 aliphatic carbocycles. The van der Waals surface area contributed by atoms with Crippen molar-refractivity contribution >= 4 is 0 Å². The Kier molecular flexibility index (Phi) is 3.86. The molecule has 0 heterocycles. The van der Waals surface area contributed by atoms with Gasteiger partial charge in [0.2, 0.25) is 0 Å². The zero-order chi connectivity index (χ0) is 9.68. The first-order valence-electron chi connectivity index (χ1n) is 4.30. The van der Waals surface area contributed by atoms with Gasteiger partial charge in [0.15, 0.2) is 0 Å². The summed E-state index contributed by atoms with van der Waals surface area (Å²) in [5.41, 5.74) is 6.46. The fraction of sp³-hybridized carbons (Fsp3) is 0.400. The van der Waals surface area contributed by atoms with Crippen LogP contribution in [0.3, 0.4) is 0 Å². The molecule has 0 aliphatic rings. The predicted octanol–water partition coefficient (Wildman–Crippen LogP) is 1.69. The molecule has 0 saturated carbocycles. The van der Waals surface area contributed by atoms with Gasteiger partial charge in [-0.3, -0.25) is 0 Å². The molecule has 1 aromatic rings. The molecule has 3 heteroatoms. The van der Waals surface area contributed by atoms with Crippen LogP contribution in [0.5, 0.6) is 0 Å². The van der Waals surface area contributed by atoms with Crippen molar-refractivity contribution < 1.29 is 9.13 Å². The average Bonchev–Trinajstić information content (AvgIpc) is 2.08. The molecule has 1 atom stereocenters. The number of benzene rings is 1. The lowest BCUT2D eigenvalue weighted by Gasteiger charge is -2.06. The van der Waals surface area contributed by atoms with E-state index in [4.69, 9.17) is 10.5 Å². The Hall–Kier alpha value is -0.930. The highest BCUT2D eigenvalue weighted by Crippen LogP contribution is 2.03. The normalized spacial score (nSPS) is 12.8. The quantitative estimate of drug-likeness (QED) is 0.721. The highest BCUT2D eigenvalue weighted by atomic mass is 19.1. The second kappa shape index (κ2) is 4.94. The lowest BCUT2D eigenvalue weighted by molar-refractivity contribution is 0.0731. The Morgan fingerprint density at radius 3 is 2.54 bits per heavy atom. The van der Waals surface area contributed by atoms with E-state index in [1.54, 1.807) is 19.1 Å². The first kappa shape index (κ1) is 10.2. The van der Waals surface area contributed by atoms with Crippen molar-refractivity contribution in [1.82, 2.24) is 0 Å². The third-order valence-corrected chi connectivity index (χ3v) is 1.68. The Bertz CT molecular complexity index is 246. The summed E-state index contributed by atoms with van der Waals surface area (Å²) >= 11 is 0. The highest BCUT2D eigenvalue weighted by Gasteiger charge is 1.96. The maximum absolute atomic E-state index is 12.5. The van der Waals surface area contributed by atoms with Crippen molar-refractivity contribution in [3.8, 4) is 0 Å². The molecule has 1 unspecified atom stereocenters. The summed E-state index contributed by atoms with van der Waals surface area (Å²) in [4.78, 5) is 0. The molecule has 0 bridgehead atoms. The summed E-state index contributed by atoms with van der Waals surface area (Å²) < 4.78 is 17.6. The highest BCUT2D eigenvalue weighted by molar-refractivity contribution is 5.15. The molecule has 0 aliphatic heterocycles. The molecule has 72 valence electrons. The lowest BCUT2D eigenvalue weighted by atomic mass is 10.2. The molecular weight excluding hydrogens is 169 g/mol. The zero-order valence-corrected chi connectivity index (χ0v) is 7.66. The summed E-state index contributed by atoms with van der Waals surface area (Å²) in [7, 11) is 0. The Labute approximate surface area is 77.5 Å². The van der Waals surface area contributed by atoms with E-state index in [2.05, 4.69) is 0 Å². The van der Waals surface area contributed by atoms with E-state index in [1.807, 2.05) is 0 Å². The van der Waals surface area contributed by atoms with Crippen molar-refractivity contribution in [2.24, 2.45) is 5.73 Å². The third kappa shape index (κ3) is 4.01. The SMILES string of the molecule is CC(N)OCCc1ccc(F)cc1. The first-order chi connectivity index (χ1) is 6.18. The van der Waals surface area contributed by atoms with Crippen molar-refractivity contribution in [1.29, 1.82) is 0 Å². The number of nitrogens with two attached hydrogens (primary N) is 1. The molecular formula is C10H14FNO. The van der Waals surface area contributed by atoms with Crippen LogP contribution in [0.4, 0.5) is 4.39 Å². The van der Waals surface area contributed by atoms with Crippen LogP contribution in [0.25, 0.3) is 0 Å². The molecule has 0 radical (unpaired) electrons. The Morgan fingerprint density at radius 1 is 1.38 bits per heavy atom. The molecule has 0 saturated heterocycles. The fourth-order valence-electron chi connectivity index (χ4n) is 1.01. The van der Waals surface area contributed by atoms with E-state index in [-0.39, 0.29) is 12.0 Å². The number of hydrogen-bond donors (Lipinski definition) is 1. The van der Waals surface area contributed by atoms with E-state index < -0.39 is 0 Å². The van der Waals surface area contributed by atoms with Crippen LogP contribution in [0, 0.1) is 5.82 Å². The van der Waals surface area contributed by atoms with Gasteiger partial charge < -0.3 is 10.5 Å². The number of hydrogen-bond acceptors (Lipinski definition) is 2. The van der Waals surface area contributed by atoms with Gasteiger partial charge in [0.25, 0.3) is 0 Å². The monoisotopic (exact) mass is 183 g/mol. The second-order valence-electron chi connectivity index (χ2n) is 2.95. The van der Waals surface area contributed by atoms with Crippen molar-refractivity contribution in [2.75, 3.05) is 6.61 Å². The van der Waals surface area contributed by atoms with Crippen LogP contribution >= 0.6 is 0 Å². The number of ether oxygens (including phenoxy) is 1. The standard InChI is InChI=1S/C10H14FNO/c1-8(12)13-7-6-9-2-4-10(11)5-3-9/h2-5,8H,6-7,12H2,1H3. The Balaban J connectivity index is 2.33. The lowest BCUT2D eigenvalue weighted by Crippen LogP contribution is -2.20. The van der Waals surface area contributed by atoms with Gasteiger partial charge in [0.1, 0.15) is 12.0 Å². The fourth-order valence-corrected chi connectivity index (χ4v) is 1.01. The molecule has 1 aromatic carbocycles. The van der Waals surface area contributed by atoms with Crippen LogP contribution in [0.15, 0.2) is 24.3 Å². The Morgan fingerprint density at radius 2 is 2.00 bits per heavy atom. The maximum atomic E-state index is 12.5. The minimum Gasteiger partial charge on any atom is -0.364 e. The van der Waals surface area contributed by atoms with Crippen LogP contribution in [-0.2, 0) is 11.2 Å². The largest absolute Gasteiger partial charge is 0.364 e. The number of halogens is 1. The van der Waals surface area contributed by atoms with E-state index >= 15 is 0 Å². The number of rotatable bonds is 4. The van der Waals surface area contributed by atoms with Crippen molar-refractivity contribution in [3.63, 3.8) is 0 Å². The molecule has 1 rings (SSSR count). The molecule has 13 heavy (non-hydrogen) atoms. The second-order valence-corrected chi connectivity index (χ2v) is 2.95. The van der Waals surface area contributed by atoms with Gasteiger partial charge in [-0.2, -0.15) is 0 Å². The van der Waals surface area contributed by atoms with Crippen LogP contribution < -0.4 is 5.73 Å². The van der Waals surface area contributed by atoms with Gasteiger partial charge in [0.05, 0.1) is 6.61 Å². The summed E-state index contributed by atoms with van der Waals surface area (Å²) in [6, 6.07) is 6.39. The van der Waals surface area contributed by atoms with E-state index in [1.165, 1.54) is 12.1 Å². The minimum atomic E-state index is -0.236. The predicted molar refractivity (Wildman–Crippen MR) is 49.7 cm³/mol. The van der Waals surface area contributed by atoms with Gasteiger partial charge in [0, 0.05) is 0 Å². The van der Waals surface area contributed by atoms with Crippen LogP contribution in [-0.4, -0.2) is 12.8 Å². The van der Waals surface area contributed by atoms with Crippen molar-refractivity contribution in [2.45, 2.75) is 19.6 Å². The van der Waals surface area contributed by atoms with Crippen molar-refractivity contribution in [3.05, 3.63) is 35.6 Å². The van der Waals surface area contributed by atoms with Gasteiger partial charge >= 0.3 is 0 Å². The molecule has 2 N–H and O–H groups in total. The van der Waals surface area contributed by atoms with E-state index in [9.17, 15) is 4.39 Å². The van der Waals surface area contributed by atoms with Gasteiger partial charge in [-0.15, -0.1) is 0 Å². The van der Waals surface area contributed by atoms with Gasteiger partial charge in [-0.1, -0.05) is 12.1 Å². The average molecular weight is 183 g/mol. The molecule has 0 aromatic heterocycles. The van der Waals surface area contributed by atoms with E-state index in [0.29, 0.717) is 6.61 Å². The maximum Gasteiger partial charge on any atom is 0.123 e. The molecule has 2 nitrogen and oxygen atoms in total. The van der Waals surface area contributed by atoms with Gasteiger partial charge in [-0.25, -0.2) is 4.39 Å². The topological polar surface area (TPSA) is 35.2 Å². The molecule has 0 spiro atoms. The summed E-state index contributed by atoms with van der Waals surface area (Å²) in [6.45, 7) is 2.36.